The van der Waals surface area contributed by atoms with Gasteiger partial charge in [0.25, 0.3) is 0 Å². The molecule has 0 aromatic heterocycles. The molecule has 0 amide bonds. The number of rotatable bonds is 4. The molecule has 104 valence electrons. The van der Waals surface area contributed by atoms with Crippen LogP contribution in [0.3, 0.4) is 0 Å². The van der Waals surface area contributed by atoms with Crippen LogP contribution in [0.5, 0.6) is 5.75 Å². The number of methoxy groups -OCH3 is 1. The van der Waals surface area contributed by atoms with E-state index in [2.05, 4.69) is 23.5 Å². The predicted molar refractivity (Wildman–Crippen MR) is 75.9 cm³/mol. The Labute approximate surface area is 115 Å². The van der Waals surface area contributed by atoms with E-state index in [4.69, 9.17) is 9.47 Å². The van der Waals surface area contributed by atoms with E-state index in [0.717, 1.165) is 31.9 Å². The minimum atomic E-state index is 0.559. The van der Waals surface area contributed by atoms with Crippen molar-refractivity contribution in [1.82, 2.24) is 5.32 Å². The van der Waals surface area contributed by atoms with Crippen LogP contribution in [0.15, 0.2) is 18.2 Å². The minimum Gasteiger partial charge on any atom is -0.497 e. The van der Waals surface area contributed by atoms with E-state index in [1.165, 1.54) is 30.4 Å². The maximum Gasteiger partial charge on any atom is 0.119 e. The lowest BCUT2D eigenvalue weighted by molar-refractivity contribution is 0.189. The molecule has 1 saturated heterocycles. The first-order valence-electron chi connectivity index (χ1n) is 7.35. The number of fused-ring (bicyclic) bond motifs is 1. The summed E-state index contributed by atoms with van der Waals surface area (Å²) in [6.07, 6.45) is 4.92. The number of ether oxygens (including phenoxy) is 2. The first kappa shape index (κ1) is 12.9. The van der Waals surface area contributed by atoms with Gasteiger partial charge in [0.05, 0.1) is 13.7 Å². The van der Waals surface area contributed by atoms with Crippen molar-refractivity contribution in [2.24, 2.45) is 0 Å². The molecule has 1 fully saturated rings. The number of hydrogen-bond acceptors (Lipinski definition) is 3. The van der Waals surface area contributed by atoms with Crippen molar-refractivity contribution in [3.63, 3.8) is 0 Å². The molecule has 3 rings (SSSR count). The van der Waals surface area contributed by atoms with Crippen molar-refractivity contribution in [2.45, 2.75) is 37.6 Å². The van der Waals surface area contributed by atoms with Crippen LogP contribution in [0.25, 0.3) is 0 Å². The molecular weight excluding hydrogens is 238 g/mol. The Hall–Kier alpha value is -1.06. The summed E-state index contributed by atoms with van der Waals surface area (Å²) >= 11 is 0. The fraction of sp³-hybridized carbons (Fsp3) is 0.625. The van der Waals surface area contributed by atoms with Crippen LogP contribution < -0.4 is 10.1 Å². The second-order valence-corrected chi connectivity index (χ2v) is 5.62. The molecule has 1 aliphatic heterocycles. The molecule has 1 aliphatic carbocycles. The highest BCUT2D eigenvalue weighted by Crippen LogP contribution is 2.33. The number of benzene rings is 1. The number of nitrogens with one attached hydrogen (secondary N) is 1. The topological polar surface area (TPSA) is 30.5 Å². The van der Waals surface area contributed by atoms with Crippen molar-refractivity contribution >= 4 is 0 Å². The summed E-state index contributed by atoms with van der Waals surface area (Å²) in [6, 6.07) is 7.12. The Morgan fingerprint density at radius 2 is 2.32 bits per heavy atom. The summed E-state index contributed by atoms with van der Waals surface area (Å²) in [5, 5.41) is 3.66. The summed E-state index contributed by atoms with van der Waals surface area (Å²) in [5.41, 5.74) is 2.98. The summed E-state index contributed by atoms with van der Waals surface area (Å²) in [7, 11) is 1.74. The van der Waals surface area contributed by atoms with E-state index in [1.54, 1.807) is 7.11 Å². The standard InChI is InChI=1S/C16H23NO2/c1-18-15-5-6-16-12(9-15)3-2-4-13(16)10-17-14-7-8-19-11-14/h5-6,9,13-14,17H,2-4,7-8,10-11H2,1H3/t13-,14+/m0/s1. The lowest BCUT2D eigenvalue weighted by atomic mass is 9.82. The van der Waals surface area contributed by atoms with Crippen LogP contribution in [0.4, 0.5) is 0 Å². The van der Waals surface area contributed by atoms with Gasteiger partial charge in [-0.05, 0) is 54.9 Å². The van der Waals surface area contributed by atoms with Crippen molar-refractivity contribution < 1.29 is 9.47 Å². The maximum absolute atomic E-state index is 5.42. The Morgan fingerprint density at radius 1 is 1.37 bits per heavy atom. The molecule has 19 heavy (non-hydrogen) atoms. The molecular formula is C16H23NO2. The molecule has 2 atom stereocenters. The number of aryl methyl sites for hydroxylation is 1. The van der Waals surface area contributed by atoms with Crippen LogP contribution >= 0.6 is 0 Å². The van der Waals surface area contributed by atoms with Crippen LogP contribution in [-0.4, -0.2) is 32.9 Å². The molecule has 0 saturated carbocycles. The molecule has 3 nitrogen and oxygen atoms in total. The molecule has 1 aromatic carbocycles. The molecule has 0 spiro atoms. The molecule has 1 N–H and O–H groups in total. The Kier molecular flexibility index (Phi) is 4.04. The van der Waals surface area contributed by atoms with Gasteiger partial charge >= 0.3 is 0 Å². The highest BCUT2D eigenvalue weighted by Gasteiger charge is 2.22. The quantitative estimate of drug-likeness (QED) is 0.903. The largest absolute Gasteiger partial charge is 0.497 e. The van der Waals surface area contributed by atoms with Gasteiger partial charge in [0, 0.05) is 19.2 Å². The van der Waals surface area contributed by atoms with Gasteiger partial charge in [0.2, 0.25) is 0 Å². The van der Waals surface area contributed by atoms with E-state index >= 15 is 0 Å². The average Bonchev–Trinajstić information content (AvgIpc) is 2.97. The molecule has 2 aliphatic rings. The summed E-state index contributed by atoms with van der Waals surface area (Å²) in [5.74, 6) is 1.63. The van der Waals surface area contributed by atoms with E-state index in [-0.39, 0.29) is 0 Å². The Morgan fingerprint density at radius 3 is 3.11 bits per heavy atom. The molecule has 3 heteroatoms. The zero-order valence-corrected chi connectivity index (χ0v) is 11.7. The van der Waals surface area contributed by atoms with Crippen LogP contribution in [0.2, 0.25) is 0 Å². The zero-order chi connectivity index (χ0) is 13.1. The van der Waals surface area contributed by atoms with Gasteiger partial charge in [-0.2, -0.15) is 0 Å². The molecule has 0 radical (unpaired) electrons. The minimum absolute atomic E-state index is 0.559. The summed E-state index contributed by atoms with van der Waals surface area (Å²) in [6.45, 7) is 2.87. The van der Waals surface area contributed by atoms with Gasteiger partial charge in [-0.15, -0.1) is 0 Å². The third kappa shape index (κ3) is 2.93. The van der Waals surface area contributed by atoms with Crippen LogP contribution in [0, 0.1) is 0 Å². The van der Waals surface area contributed by atoms with Gasteiger partial charge in [-0.25, -0.2) is 0 Å². The van der Waals surface area contributed by atoms with E-state index in [0.29, 0.717) is 12.0 Å². The van der Waals surface area contributed by atoms with Gasteiger partial charge in [-0.3, -0.25) is 0 Å². The Bertz CT molecular complexity index is 427. The summed E-state index contributed by atoms with van der Waals surface area (Å²) in [4.78, 5) is 0. The smallest absolute Gasteiger partial charge is 0.119 e. The molecule has 0 unspecified atom stereocenters. The highest BCUT2D eigenvalue weighted by molar-refractivity contribution is 5.39. The van der Waals surface area contributed by atoms with Gasteiger partial charge in [0.15, 0.2) is 0 Å². The van der Waals surface area contributed by atoms with E-state index < -0.39 is 0 Å². The SMILES string of the molecule is COc1ccc2c(c1)CCC[C@H]2CN[C@@H]1CCOC1. The lowest BCUT2D eigenvalue weighted by Crippen LogP contribution is -2.33. The van der Waals surface area contributed by atoms with Crippen LogP contribution in [0.1, 0.15) is 36.3 Å². The normalized spacial score (nSPS) is 26.2. The second-order valence-electron chi connectivity index (χ2n) is 5.62. The van der Waals surface area contributed by atoms with E-state index in [9.17, 15) is 0 Å². The summed E-state index contributed by atoms with van der Waals surface area (Å²) < 4.78 is 10.7. The van der Waals surface area contributed by atoms with Gasteiger partial charge in [0.1, 0.15) is 5.75 Å². The first-order chi connectivity index (χ1) is 9.36. The van der Waals surface area contributed by atoms with Crippen molar-refractivity contribution in [3.8, 4) is 5.75 Å². The third-order valence-electron chi connectivity index (χ3n) is 4.37. The number of hydrogen-bond donors (Lipinski definition) is 1. The molecule has 1 aromatic rings. The maximum atomic E-state index is 5.42. The van der Waals surface area contributed by atoms with E-state index in [1.807, 2.05) is 0 Å². The lowest BCUT2D eigenvalue weighted by Gasteiger charge is -2.27. The van der Waals surface area contributed by atoms with Crippen molar-refractivity contribution in [3.05, 3.63) is 29.3 Å². The van der Waals surface area contributed by atoms with Crippen molar-refractivity contribution in [2.75, 3.05) is 26.9 Å². The zero-order valence-electron chi connectivity index (χ0n) is 11.7. The van der Waals surface area contributed by atoms with Crippen molar-refractivity contribution in [1.29, 1.82) is 0 Å². The fourth-order valence-electron chi connectivity index (χ4n) is 3.23. The predicted octanol–water partition coefficient (Wildman–Crippen LogP) is 2.49. The van der Waals surface area contributed by atoms with Gasteiger partial charge in [-0.1, -0.05) is 6.07 Å². The third-order valence-corrected chi connectivity index (χ3v) is 4.37. The fourth-order valence-corrected chi connectivity index (χ4v) is 3.23. The first-order valence-corrected chi connectivity index (χ1v) is 7.35. The second kappa shape index (κ2) is 5.93. The highest BCUT2D eigenvalue weighted by atomic mass is 16.5. The Balaban J connectivity index is 1.67. The molecule has 1 heterocycles. The van der Waals surface area contributed by atoms with Crippen LogP contribution in [-0.2, 0) is 11.2 Å². The monoisotopic (exact) mass is 261 g/mol. The molecule has 0 bridgehead atoms. The van der Waals surface area contributed by atoms with Gasteiger partial charge < -0.3 is 14.8 Å². The average molecular weight is 261 g/mol.